The van der Waals surface area contributed by atoms with Crippen LogP contribution in [-0.4, -0.2) is 59.8 Å². The van der Waals surface area contributed by atoms with Gasteiger partial charge < -0.3 is 19.3 Å². The molecular formula is C19H28IN3O4. The molecule has 0 spiro atoms. The van der Waals surface area contributed by atoms with E-state index in [0.717, 1.165) is 15.8 Å². The Bertz CT molecular complexity index is 705. The SMILES string of the molecule is CC[C@H]1CN(c2ccc(C(=O)OC)nc2I)[C@H](C)CN1C(=O)OC(C)(C)C. The first kappa shape index (κ1) is 21.7. The number of carbonyl (C=O) groups excluding carboxylic acids is 2. The fourth-order valence-corrected chi connectivity index (χ4v) is 3.88. The molecule has 1 aliphatic heterocycles. The first-order valence-electron chi connectivity index (χ1n) is 9.08. The van der Waals surface area contributed by atoms with E-state index >= 15 is 0 Å². The van der Waals surface area contributed by atoms with Gasteiger partial charge >= 0.3 is 12.1 Å². The summed E-state index contributed by atoms with van der Waals surface area (Å²) in [4.78, 5) is 32.7. The lowest BCUT2D eigenvalue weighted by Gasteiger charge is -2.46. The zero-order chi connectivity index (χ0) is 20.4. The van der Waals surface area contributed by atoms with Gasteiger partial charge in [0.05, 0.1) is 18.8 Å². The van der Waals surface area contributed by atoms with Crippen molar-refractivity contribution in [3.8, 4) is 0 Å². The first-order chi connectivity index (χ1) is 12.6. The van der Waals surface area contributed by atoms with Crippen LogP contribution in [0.5, 0.6) is 0 Å². The minimum absolute atomic E-state index is 0.0483. The van der Waals surface area contributed by atoms with Crippen molar-refractivity contribution >= 4 is 40.3 Å². The van der Waals surface area contributed by atoms with Crippen molar-refractivity contribution in [2.24, 2.45) is 0 Å². The normalized spacial score (nSPS) is 20.4. The molecule has 0 unspecified atom stereocenters. The zero-order valence-corrected chi connectivity index (χ0v) is 18.9. The number of piperazine rings is 1. The number of halogens is 1. The molecule has 0 radical (unpaired) electrons. The van der Waals surface area contributed by atoms with Crippen LogP contribution in [0.4, 0.5) is 10.5 Å². The second kappa shape index (κ2) is 8.62. The Hall–Kier alpha value is -1.58. The van der Waals surface area contributed by atoms with E-state index in [9.17, 15) is 9.59 Å². The third kappa shape index (κ3) is 5.24. The highest BCUT2D eigenvalue weighted by Crippen LogP contribution is 2.29. The van der Waals surface area contributed by atoms with Gasteiger partial charge in [-0.15, -0.1) is 0 Å². The Balaban J connectivity index is 2.22. The molecule has 2 heterocycles. The molecule has 0 bridgehead atoms. The van der Waals surface area contributed by atoms with Crippen LogP contribution in [0.2, 0.25) is 0 Å². The fraction of sp³-hybridized carbons (Fsp3) is 0.632. The Morgan fingerprint density at radius 2 is 1.96 bits per heavy atom. The number of nitrogens with zero attached hydrogens (tertiary/aromatic N) is 3. The van der Waals surface area contributed by atoms with Crippen LogP contribution in [0.1, 0.15) is 51.5 Å². The fourth-order valence-electron chi connectivity index (χ4n) is 3.13. The highest BCUT2D eigenvalue weighted by molar-refractivity contribution is 14.1. The molecule has 8 heteroatoms. The lowest BCUT2D eigenvalue weighted by molar-refractivity contribution is 0.0106. The van der Waals surface area contributed by atoms with Gasteiger partial charge in [-0.3, -0.25) is 0 Å². The molecule has 0 aromatic carbocycles. The van der Waals surface area contributed by atoms with Gasteiger partial charge in [-0.25, -0.2) is 14.6 Å². The minimum atomic E-state index is -0.515. The summed E-state index contributed by atoms with van der Waals surface area (Å²) in [5.41, 5.74) is 0.731. The van der Waals surface area contributed by atoms with Gasteiger partial charge in [-0.1, -0.05) is 6.92 Å². The average Bonchev–Trinajstić information content (AvgIpc) is 2.59. The molecule has 2 atom stereocenters. The van der Waals surface area contributed by atoms with Gasteiger partial charge in [0.2, 0.25) is 0 Å². The maximum atomic E-state index is 12.6. The Morgan fingerprint density at radius 1 is 1.30 bits per heavy atom. The highest BCUT2D eigenvalue weighted by Gasteiger charge is 2.36. The second-order valence-electron chi connectivity index (χ2n) is 7.69. The summed E-state index contributed by atoms with van der Waals surface area (Å²) in [5.74, 6) is -0.450. The van der Waals surface area contributed by atoms with Gasteiger partial charge in [-0.2, -0.15) is 0 Å². The number of pyridine rings is 1. The average molecular weight is 489 g/mol. The molecule has 1 aliphatic rings. The monoisotopic (exact) mass is 489 g/mol. The maximum absolute atomic E-state index is 12.6. The van der Waals surface area contributed by atoms with Crippen molar-refractivity contribution in [1.82, 2.24) is 9.88 Å². The topological polar surface area (TPSA) is 72.0 Å². The molecule has 2 rings (SSSR count). The Morgan fingerprint density at radius 3 is 2.48 bits per heavy atom. The van der Waals surface area contributed by atoms with Crippen molar-refractivity contribution in [3.63, 3.8) is 0 Å². The highest BCUT2D eigenvalue weighted by atomic mass is 127. The number of esters is 1. The summed E-state index contributed by atoms with van der Waals surface area (Å²) in [6.45, 7) is 11.0. The van der Waals surface area contributed by atoms with Crippen molar-refractivity contribution in [1.29, 1.82) is 0 Å². The van der Waals surface area contributed by atoms with Gasteiger partial charge in [0.25, 0.3) is 0 Å². The molecule has 0 aliphatic carbocycles. The van der Waals surface area contributed by atoms with E-state index in [0.29, 0.717) is 13.1 Å². The molecule has 1 saturated heterocycles. The van der Waals surface area contributed by atoms with Crippen molar-refractivity contribution < 1.29 is 19.1 Å². The van der Waals surface area contributed by atoms with Gasteiger partial charge in [0.15, 0.2) is 0 Å². The molecule has 1 aromatic rings. The third-order valence-corrected chi connectivity index (χ3v) is 5.27. The van der Waals surface area contributed by atoms with Gasteiger partial charge in [-0.05, 0) is 68.8 Å². The number of aromatic nitrogens is 1. The lowest BCUT2D eigenvalue weighted by Crippen LogP contribution is -2.59. The molecule has 0 N–H and O–H groups in total. The van der Waals surface area contributed by atoms with E-state index in [-0.39, 0.29) is 23.9 Å². The van der Waals surface area contributed by atoms with Crippen molar-refractivity contribution in [2.75, 3.05) is 25.1 Å². The predicted molar refractivity (Wildman–Crippen MR) is 112 cm³/mol. The van der Waals surface area contributed by atoms with E-state index in [2.05, 4.69) is 46.3 Å². The molecule has 1 fully saturated rings. The van der Waals surface area contributed by atoms with Crippen LogP contribution in [0, 0.1) is 3.70 Å². The van der Waals surface area contributed by atoms with E-state index in [1.165, 1.54) is 7.11 Å². The standard InChI is InChI=1S/C19H28IN3O4/c1-7-13-11-22(12(2)10-23(13)18(25)27-19(3,4)5)15-9-8-14(17(24)26-6)21-16(15)20/h8-9,12-13H,7,10-11H2,1-6H3/t12-,13+/m1/s1. The quantitative estimate of drug-likeness (QED) is 0.367. The molecule has 0 saturated carbocycles. The number of rotatable bonds is 3. The van der Waals surface area contributed by atoms with Crippen LogP contribution in [0.3, 0.4) is 0 Å². The van der Waals surface area contributed by atoms with Crippen molar-refractivity contribution in [3.05, 3.63) is 21.5 Å². The van der Waals surface area contributed by atoms with Gasteiger partial charge in [0.1, 0.15) is 15.0 Å². The van der Waals surface area contributed by atoms with E-state index < -0.39 is 11.6 Å². The number of anilines is 1. The molecule has 7 nitrogen and oxygen atoms in total. The molecule has 27 heavy (non-hydrogen) atoms. The largest absolute Gasteiger partial charge is 0.464 e. The van der Waals surface area contributed by atoms with Crippen LogP contribution in [0.25, 0.3) is 0 Å². The van der Waals surface area contributed by atoms with Crippen molar-refractivity contribution in [2.45, 2.75) is 58.7 Å². The number of hydrogen-bond acceptors (Lipinski definition) is 6. The molecular weight excluding hydrogens is 461 g/mol. The molecule has 1 amide bonds. The number of carbonyl (C=O) groups is 2. The summed E-state index contributed by atoms with van der Waals surface area (Å²) in [6, 6.07) is 3.72. The lowest BCUT2D eigenvalue weighted by atomic mass is 10.0. The molecule has 1 aromatic heterocycles. The van der Waals surface area contributed by atoms with E-state index in [4.69, 9.17) is 9.47 Å². The Labute approximate surface area is 174 Å². The summed E-state index contributed by atoms with van der Waals surface area (Å²) in [6.07, 6.45) is 0.557. The predicted octanol–water partition coefficient (Wildman–Crippen LogP) is 3.70. The Kier molecular flexibility index (Phi) is 6.93. The summed E-state index contributed by atoms with van der Waals surface area (Å²) in [5, 5.41) is 0. The first-order valence-corrected chi connectivity index (χ1v) is 10.2. The number of methoxy groups -OCH3 is 1. The number of ether oxygens (including phenoxy) is 2. The van der Waals surface area contributed by atoms with Crippen LogP contribution < -0.4 is 4.90 Å². The third-order valence-electron chi connectivity index (χ3n) is 4.47. The van der Waals surface area contributed by atoms with E-state index in [1.807, 2.05) is 31.7 Å². The van der Waals surface area contributed by atoms with Crippen LogP contribution in [-0.2, 0) is 9.47 Å². The van der Waals surface area contributed by atoms with E-state index in [1.54, 1.807) is 6.07 Å². The summed E-state index contributed by atoms with van der Waals surface area (Å²) >= 11 is 2.14. The second-order valence-corrected chi connectivity index (χ2v) is 8.72. The summed E-state index contributed by atoms with van der Waals surface area (Å²) in [7, 11) is 1.34. The zero-order valence-electron chi connectivity index (χ0n) is 16.8. The summed E-state index contributed by atoms with van der Waals surface area (Å²) < 4.78 is 11.1. The van der Waals surface area contributed by atoms with Gasteiger partial charge in [0, 0.05) is 19.1 Å². The van der Waals surface area contributed by atoms with Crippen LogP contribution >= 0.6 is 22.6 Å². The smallest absolute Gasteiger partial charge is 0.410 e. The number of hydrogen-bond donors (Lipinski definition) is 0. The van der Waals surface area contributed by atoms with Crippen LogP contribution in [0.15, 0.2) is 12.1 Å². The maximum Gasteiger partial charge on any atom is 0.410 e. The number of amides is 1. The minimum Gasteiger partial charge on any atom is -0.464 e. The molecule has 150 valence electrons.